The van der Waals surface area contributed by atoms with Gasteiger partial charge in [-0.25, -0.2) is 8.78 Å². The normalized spacial score (nSPS) is 10.7. The monoisotopic (exact) mass is 219 g/mol. The molecule has 15 heavy (non-hydrogen) atoms. The number of pyridine rings is 1. The highest BCUT2D eigenvalue weighted by molar-refractivity contribution is 5.61. The topological polar surface area (TPSA) is 102 Å². The van der Waals surface area contributed by atoms with Crippen molar-refractivity contribution in [2.45, 2.75) is 13.0 Å². The number of rotatable bonds is 3. The van der Waals surface area contributed by atoms with Crippen molar-refractivity contribution >= 4 is 11.5 Å². The fourth-order valence-electron chi connectivity index (χ4n) is 1.10. The molecule has 0 aromatic carbocycles. The Hall–Kier alpha value is -1.83. The Morgan fingerprint density at radius 2 is 2.27 bits per heavy atom. The zero-order valence-corrected chi connectivity index (χ0v) is 7.35. The third-order valence-electron chi connectivity index (χ3n) is 1.78. The maximum atomic E-state index is 12.5. The first-order valence-electron chi connectivity index (χ1n) is 3.79. The number of aliphatic hydroxyl groups is 1. The number of nitrogens with zero attached hydrogens (tertiary/aromatic N) is 2. The zero-order valence-electron chi connectivity index (χ0n) is 7.35. The van der Waals surface area contributed by atoms with Crippen molar-refractivity contribution < 1.29 is 18.8 Å². The first-order valence-corrected chi connectivity index (χ1v) is 3.79. The lowest BCUT2D eigenvalue weighted by atomic mass is 10.1. The molecule has 6 nitrogen and oxygen atoms in total. The molecule has 82 valence electrons. The smallest absolute Gasteiger partial charge is 0.387 e. The van der Waals surface area contributed by atoms with E-state index >= 15 is 0 Å². The fourth-order valence-corrected chi connectivity index (χ4v) is 1.10. The summed E-state index contributed by atoms with van der Waals surface area (Å²) in [6, 6.07) is 0. The highest BCUT2D eigenvalue weighted by Crippen LogP contribution is 2.33. The molecule has 8 heteroatoms. The number of hydrogen-bond acceptors (Lipinski definition) is 5. The number of nitro groups is 1. The molecule has 0 bridgehead atoms. The van der Waals surface area contributed by atoms with Gasteiger partial charge in [0.25, 0.3) is 6.43 Å². The summed E-state index contributed by atoms with van der Waals surface area (Å²) in [5.74, 6) is -0.831. The molecule has 0 unspecified atom stereocenters. The van der Waals surface area contributed by atoms with Gasteiger partial charge in [0.05, 0.1) is 12.2 Å². The van der Waals surface area contributed by atoms with Gasteiger partial charge in [-0.2, -0.15) is 0 Å². The Morgan fingerprint density at radius 1 is 1.67 bits per heavy atom. The SMILES string of the molecule is Nc1c([N+](=O)[O-])ncc(CO)c1C(F)F. The minimum atomic E-state index is -2.99. The second kappa shape index (κ2) is 4.13. The minimum Gasteiger partial charge on any atom is -0.392 e. The van der Waals surface area contributed by atoms with E-state index in [4.69, 9.17) is 10.8 Å². The van der Waals surface area contributed by atoms with Crippen molar-refractivity contribution in [3.05, 3.63) is 27.4 Å². The summed E-state index contributed by atoms with van der Waals surface area (Å²) in [7, 11) is 0. The highest BCUT2D eigenvalue weighted by Gasteiger charge is 2.25. The van der Waals surface area contributed by atoms with Crippen LogP contribution < -0.4 is 5.73 Å². The number of nitrogen functional groups attached to an aromatic ring is 1. The van der Waals surface area contributed by atoms with Crippen LogP contribution in [0, 0.1) is 10.1 Å². The van der Waals surface area contributed by atoms with Crippen molar-refractivity contribution in [1.29, 1.82) is 0 Å². The van der Waals surface area contributed by atoms with Crippen molar-refractivity contribution in [2.75, 3.05) is 5.73 Å². The van der Waals surface area contributed by atoms with Gasteiger partial charge in [-0.15, -0.1) is 0 Å². The van der Waals surface area contributed by atoms with E-state index in [1.165, 1.54) is 0 Å². The molecule has 1 heterocycles. The standard InChI is InChI=1S/C7H7F2N3O3/c8-6(9)4-3(2-13)1-11-7(5(4)10)12(14)15/h1,6,13H,2,10H2. The van der Waals surface area contributed by atoms with E-state index < -0.39 is 35.0 Å². The summed E-state index contributed by atoms with van der Waals surface area (Å²) in [6.07, 6.45) is -2.18. The van der Waals surface area contributed by atoms with Gasteiger partial charge in [-0.1, -0.05) is 0 Å². The van der Waals surface area contributed by atoms with Crippen LogP contribution in [0.15, 0.2) is 6.20 Å². The number of alkyl halides is 2. The maximum Gasteiger partial charge on any atom is 0.387 e. The van der Waals surface area contributed by atoms with Crippen LogP contribution in [-0.4, -0.2) is 15.0 Å². The van der Waals surface area contributed by atoms with E-state index in [2.05, 4.69) is 4.98 Å². The largest absolute Gasteiger partial charge is 0.392 e. The van der Waals surface area contributed by atoms with Crippen molar-refractivity contribution in [2.24, 2.45) is 0 Å². The van der Waals surface area contributed by atoms with E-state index in [0.717, 1.165) is 6.20 Å². The van der Waals surface area contributed by atoms with E-state index in [-0.39, 0.29) is 5.56 Å². The van der Waals surface area contributed by atoms with E-state index in [0.29, 0.717) is 0 Å². The summed E-state index contributed by atoms with van der Waals surface area (Å²) < 4.78 is 25.0. The molecule has 3 N–H and O–H groups in total. The maximum absolute atomic E-state index is 12.5. The summed E-state index contributed by atoms with van der Waals surface area (Å²) in [4.78, 5) is 12.7. The Labute approximate surface area is 82.5 Å². The third-order valence-corrected chi connectivity index (χ3v) is 1.78. The highest BCUT2D eigenvalue weighted by atomic mass is 19.3. The van der Waals surface area contributed by atoms with Gasteiger partial charge in [0.15, 0.2) is 0 Å². The van der Waals surface area contributed by atoms with Crippen LogP contribution >= 0.6 is 0 Å². The summed E-state index contributed by atoms with van der Waals surface area (Å²) in [5.41, 5.74) is 3.51. The van der Waals surface area contributed by atoms with Gasteiger partial charge >= 0.3 is 5.82 Å². The molecule has 1 aromatic rings. The predicted octanol–water partition coefficient (Wildman–Crippen LogP) is 1.00. The molecular weight excluding hydrogens is 212 g/mol. The van der Waals surface area contributed by atoms with Crippen LogP contribution in [0.3, 0.4) is 0 Å². The van der Waals surface area contributed by atoms with Gasteiger partial charge < -0.3 is 21.0 Å². The van der Waals surface area contributed by atoms with Crippen LogP contribution in [0.4, 0.5) is 20.3 Å². The Bertz CT molecular complexity index is 397. The summed E-state index contributed by atoms with van der Waals surface area (Å²) in [5, 5.41) is 19.1. The first kappa shape index (κ1) is 11.2. The predicted molar refractivity (Wildman–Crippen MR) is 46.2 cm³/mol. The lowest BCUT2D eigenvalue weighted by molar-refractivity contribution is -0.388. The molecule has 1 rings (SSSR count). The number of aliphatic hydroxyl groups excluding tert-OH is 1. The molecule has 0 amide bonds. The summed E-state index contributed by atoms with van der Waals surface area (Å²) in [6.45, 7) is -0.700. The van der Waals surface area contributed by atoms with Gasteiger partial charge in [0.2, 0.25) is 0 Å². The Morgan fingerprint density at radius 3 is 2.67 bits per heavy atom. The minimum absolute atomic E-state index is 0.215. The number of halogens is 2. The number of nitrogens with two attached hydrogens (primary N) is 1. The molecule has 0 spiro atoms. The van der Waals surface area contributed by atoms with Gasteiger partial charge in [0, 0.05) is 5.56 Å². The number of hydrogen-bond donors (Lipinski definition) is 2. The molecule has 0 aliphatic heterocycles. The average Bonchev–Trinajstić information content (AvgIpc) is 2.15. The van der Waals surface area contributed by atoms with Gasteiger partial charge in [-0.3, -0.25) is 0 Å². The molecule has 0 aliphatic rings. The van der Waals surface area contributed by atoms with Crippen LogP contribution in [0.25, 0.3) is 0 Å². The second-order valence-electron chi connectivity index (χ2n) is 2.65. The van der Waals surface area contributed by atoms with Crippen molar-refractivity contribution in [3.8, 4) is 0 Å². The van der Waals surface area contributed by atoms with E-state index in [1.807, 2.05) is 0 Å². The summed E-state index contributed by atoms with van der Waals surface area (Å²) >= 11 is 0. The van der Waals surface area contributed by atoms with Crippen LogP contribution in [-0.2, 0) is 6.61 Å². The Balaban J connectivity index is 3.42. The van der Waals surface area contributed by atoms with Crippen molar-refractivity contribution in [1.82, 2.24) is 4.98 Å². The third kappa shape index (κ3) is 1.99. The molecule has 0 atom stereocenters. The second-order valence-corrected chi connectivity index (χ2v) is 2.65. The van der Waals surface area contributed by atoms with Crippen LogP contribution in [0.2, 0.25) is 0 Å². The first-order chi connectivity index (χ1) is 6.99. The number of anilines is 1. The number of aromatic nitrogens is 1. The lowest BCUT2D eigenvalue weighted by Gasteiger charge is -2.07. The lowest BCUT2D eigenvalue weighted by Crippen LogP contribution is -2.07. The fraction of sp³-hybridized carbons (Fsp3) is 0.286. The molecule has 0 radical (unpaired) electrons. The van der Waals surface area contributed by atoms with E-state index in [9.17, 15) is 18.9 Å². The quantitative estimate of drug-likeness (QED) is 0.583. The molecule has 0 fully saturated rings. The van der Waals surface area contributed by atoms with Crippen molar-refractivity contribution in [3.63, 3.8) is 0 Å². The molecular formula is C7H7F2N3O3. The molecule has 0 saturated heterocycles. The average molecular weight is 219 g/mol. The molecule has 1 aromatic heterocycles. The molecule has 0 saturated carbocycles. The van der Waals surface area contributed by atoms with Crippen LogP contribution in [0.1, 0.15) is 17.6 Å². The van der Waals surface area contributed by atoms with Gasteiger partial charge in [0.1, 0.15) is 11.9 Å². The Kier molecular flexibility index (Phi) is 3.10. The van der Waals surface area contributed by atoms with Gasteiger partial charge in [-0.05, 0) is 9.91 Å². The van der Waals surface area contributed by atoms with Crippen LogP contribution in [0.5, 0.6) is 0 Å². The molecule has 0 aliphatic carbocycles. The zero-order chi connectivity index (χ0) is 11.6. The van der Waals surface area contributed by atoms with E-state index in [1.54, 1.807) is 0 Å².